The van der Waals surface area contributed by atoms with Crippen molar-refractivity contribution in [1.29, 1.82) is 0 Å². The number of halogens is 1. The van der Waals surface area contributed by atoms with E-state index >= 15 is 0 Å². The highest BCUT2D eigenvalue weighted by Crippen LogP contribution is 2.29. The van der Waals surface area contributed by atoms with Gasteiger partial charge in [0, 0.05) is 12.2 Å². The lowest BCUT2D eigenvalue weighted by atomic mass is 9.88. The van der Waals surface area contributed by atoms with Crippen LogP contribution in [0.1, 0.15) is 46.6 Å². The van der Waals surface area contributed by atoms with Crippen molar-refractivity contribution in [2.75, 3.05) is 32.0 Å². The maximum absolute atomic E-state index is 13.1. The first-order chi connectivity index (χ1) is 16.4. The molecule has 4 rings (SSSR count). The van der Waals surface area contributed by atoms with Crippen LogP contribution in [0.25, 0.3) is 0 Å². The number of benzene rings is 3. The Balaban J connectivity index is 1.22. The average Bonchev–Trinajstić information content (AvgIpc) is 2.84. The smallest absolute Gasteiger partial charge is 0.123 e. The van der Waals surface area contributed by atoms with Gasteiger partial charge in [-0.05, 0) is 104 Å². The maximum Gasteiger partial charge on any atom is 0.123 e. The number of hydrogen-bond acceptors (Lipinski definition) is 4. The molecule has 1 atom stereocenters. The van der Waals surface area contributed by atoms with E-state index in [-0.39, 0.29) is 12.4 Å². The Bertz CT molecular complexity index is 1070. The largest absolute Gasteiger partial charge is 0.491 e. The molecule has 1 aliphatic heterocycles. The summed E-state index contributed by atoms with van der Waals surface area (Å²) >= 11 is 0. The molecule has 3 aromatic rings. The number of ether oxygens (including phenoxy) is 1. The fourth-order valence-electron chi connectivity index (χ4n) is 4.70. The van der Waals surface area contributed by atoms with Gasteiger partial charge >= 0.3 is 0 Å². The number of likely N-dealkylation sites (tertiary alicyclic amines) is 1. The van der Waals surface area contributed by atoms with Gasteiger partial charge in [0.15, 0.2) is 0 Å². The Labute approximate surface area is 202 Å². The Kier molecular flexibility index (Phi) is 7.86. The monoisotopic (exact) mass is 462 g/mol. The minimum Gasteiger partial charge on any atom is -0.491 e. The number of aliphatic hydroxyl groups is 1. The second kappa shape index (κ2) is 11.0. The fourth-order valence-corrected chi connectivity index (χ4v) is 4.70. The quantitative estimate of drug-likeness (QED) is 0.450. The van der Waals surface area contributed by atoms with E-state index in [0.29, 0.717) is 12.5 Å². The van der Waals surface area contributed by atoms with Gasteiger partial charge in [0.1, 0.15) is 24.3 Å². The van der Waals surface area contributed by atoms with Gasteiger partial charge in [0.2, 0.25) is 0 Å². The van der Waals surface area contributed by atoms with Crippen LogP contribution in [-0.4, -0.2) is 42.4 Å². The number of piperidine rings is 1. The van der Waals surface area contributed by atoms with Crippen LogP contribution in [0.4, 0.5) is 10.1 Å². The average molecular weight is 463 g/mol. The molecule has 3 N–H and O–H groups in total. The summed E-state index contributed by atoms with van der Waals surface area (Å²) in [6.45, 7) is 6.82. The molecule has 4 nitrogen and oxygen atoms in total. The number of aliphatic hydroxyl groups excluding tert-OH is 1. The lowest BCUT2D eigenvalue weighted by molar-refractivity contribution is 0.0592. The number of hydrogen-bond donors (Lipinski definition) is 2. The summed E-state index contributed by atoms with van der Waals surface area (Å²) in [4.78, 5) is 2.33. The minimum atomic E-state index is -0.528. The highest BCUT2D eigenvalue weighted by Gasteiger charge is 2.22. The standard InChI is InChI=1S/C29H35FN2O2/c1-20-21(2)29(12-11-28(20)31)34-19-27(33)18-32-15-13-25(14-16-32)24-7-3-22(4-8-24)17-23-5-9-26(30)10-6-23/h3-12,25,27,33H,13-19,31H2,1-2H3. The lowest BCUT2D eigenvalue weighted by Gasteiger charge is -2.33. The third kappa shape index (κ3) is 6.16. The Morgan fingerprint density at radius 3 is 2.21 bits per heavy atom. The fraction of sp³-hybridized carbons (Fsp3) is 0.379. The van der Waals surface area contributed by atoms with Crippen molar-refractivity contribution in [2.24, 2.45) is 0 Å². The maximum atomic E-state index is 13.1. The van der Waals surface area contributed by atoms with Crippen molar-refractivity contribution < 1.29 is 14.2 Å². The zero-order valence-electron chi connectivity index (χ0n) is 20.1. The molecule has 1 heterocycles. The summed E-state index contributed by atoms with van der Waals surface area (Å²) in [7, 11) is 0. The van der Waals surface area contributed by atoms with Crippen LogP contribution in [0.15, 0.2) is 60.7 Å². The van der Waals surface area contributed by atoms with Crippen LogP contribution >= 0.6 is 0 Å². The number of β-amino-alcohol motifs (C(OH)–C–C–N with tert-alkyl or cyclic N) is 1. The van der Waals surface area contributed by atoms with Gasteiger partial charge in [-0.3, -0.25) is 0 Å². The van der Waals surface area contributed by atoms with Gasteiger partial charge in [0.25, 0.3) is 0 Å². The molecular formula is C29H35FN2O2. The molecule has 0 saturated carbocycles. The van der Waals surface area contributed by atoms with E-state index in [4.69, 9.17) is 10.5 Å². The van der Waals surface area contributed by atoms with Gasteiger partial charge < -0.3 is 20.5 Å². The van der Waals surface area contributed by atoms with Crippen LogP contribution in [0.3, 0.4) is 0 Å². The Hall–Kier alpha value is -2.89. The van der Waals surface area contributed by atoms with E-state index in [1.807, 2.05) is 38.1 Å². The molecule has 1 fully saturated rings. The van der Waals surface area contributed by atoms with E-state index in [0.717, 1.165) is 60.5 Å². The first-order valence-electron chi connectivity index (χ1n) is 12.1. The van der Waals surface area contributed by atoms with Gasteiger partial charge in [-0.2, -0.15) is 0 Å². The highest BCUT2D eigenvalue weighted by molar-refractivity contribution is 5.55. The summed E-state index contributed by atoms with van der Waals surface area (Å²) in [6, 6.07) is 19.3. The molecule has 0 radical (unpaired) electrons. The van der Waals surface area contributed by atoms with Crippen molar-refractivity contribution in [2.45, 2.75) is 45.1 Å². The first kappa shape index (κ1) is 24.2. The molecule has 3 aromatic carbocycles. The van der Waals surface area contributed by atoms with E-state index in [2.05, 4.69) is 29.2 Å². The third-order valence-corrected chi connectivity index (χ3v) is 7.04. The molecule has 0 spiro atoms. The van der Waals surface area contributed by atoms with Gasteiger partial charge in [-0.1, -0.05) is 36.4 Å². The summed E-state index contributed by atoms with van der Waals surface area (Å²) < 4.78 is 19.0. The molecule has 0 bridgehead atoms. The van der Waals surface area contributed by atoms with Gasteiger partial charge in [0.05, 0.1) is 0 Å². The minimum absolute atomic E-state index is 0.197. The first-order valence-corrected chi connectivity index (χ1v) is 12.1. The van der Waals surface area contributed by atoms with Crippen molar-refractivity contribution in [3.8, 4) is 5.75 Å². The lowest BCUT2D eigenvalue weighted by Crippen LogP contribution is -2.40. The number of nitrogen functional groups attached to an aromatic ring is 1. The molecule has 1 saturated heterocycles. The predicted molar refractivity (Wildman–Crippen MR) is 136 cm³/mol. The van der Waals surface area contributed by atoms with E-state index in [1.54, 1.807) is 0 Å². The Morgan fingerprint density at radius 1 is 0.941 bits per heavy atom. The normalized spacial score (nSPS) is 15.9. The van der Waals surface area contributed by atoms with Gasteiger partial charge in [-0.25, -0.2) is 4.39 Å². The van der Waals surface area contributed by atoms with Crippen molar-refractivity contribution in [3.63, 3.8) is 0 Å². The predicted octanol–water partition coefficient (Wildman–Crippen LogP) is 5.23. The molecule has 1 unspecified atom stereocenters. The molecule has 180 valence electrons. The molecule has 1 aliphatic rings. The van der Waals surface area contributed by atoms with Crippen LogP contribution in [0.5, 0.6) is 5.75 Å². The van der Waals surface area contributed by atoms with Crippen molar-refractivity contribution in [1.82, 2.24) is 4.90 Å². The van der Waals surface area contributed by atoms with Crippen LogP contribution < -0.4 is 10.5 Å². The molecule has 34 heavy (non-hydrogen) atoms. The summed E-state index contributed by atoms with van der Waals surface area (Å²) in [5.74, 6) is 1.13. The van der Waals surface area contributed by atoms with E-state index in [9.17, 15) is 9.50 Å². The number of anilines is 1. The zero-order valence-corrected chi connectivity index (χ0v) is 20.1. The molecule has 0 amide bonds. The van der Waals surface area contributed by atoms with Gasteiger partial charge in [-0.15, -0.1) is 0 Å². The number of nitrogens with zero attached hydrogens (tertiary/aromatic N) is 1. The van der Waals surface area contributed by atoms with Crippen molar-refractivity contribution >= 4 is 5.69 Å². The highest BCUT2D eigenvalue weighted by atomic mass is 19.1. The Morgan fingerprint density at radius 2 is 1.56 bits per heavy atom. The summed E-state index contributed by atoms with van der Waals surface area (Å²) in [5.41, 5.74) is 12.5. The SMILES string of the molecule is Cc1c(N)ccc(OCC(O)CN2CCC(c3ccc(Cc4ccc(F)cc4)cc3)CC2)c1C. The summed E-state index contributed by atoms with van der Waals surface area (Å²) in [6.07, 6.45) is 2.45. The van der Waals surface area contributed by atoms with Crippen LogP contribution in [-0.2, 0) is 6.42 Å². The van der Waals surface area contributed by atoms with E-state index in [1.165, 1.54) is 23.3 Å². The molecule has 0 aromatic heterocycles. The molecule has 0 aliphatic carbocycles. The van der Waals surface area contributed by atoms with Crippen LogP contribution in [0.2, 0.25) is 0 Å². The topological polar surface area (TPSA) is 58.7 Å². The summed E-state index contributed by atoms with van der Waals surface area (Å²) in [5, 5.41) is 10.5. The van der Waals surface area contributed by atoms with Crippen molar-refractivity contribution in [3.05, 3.63) is 94.3 Å². The molecule has 5 heteroatoms. The third-order valence-electron chi connectivity index (χ3n) is 7.04. The van der Waals surface area contributed by atoms with Crippen LogP contribution in [0, 0.1) is 19.7 Å². The second-order valence-electron chi connectivity index (χ2n) is 9.49. The molecular weight excluding hydrogens is 427 g/mol. The zero-order chi connectivity index (χ0) is 24.1. The number of rotatable bonds is 8. The number of nitrogens with two attached hydrogens (primary N) is 1. The van der Waals surface area contributed by atoms with E-state index < -0.39 is 6.10 Å². The second-order valence-corrected chi connectivity index (χ2v) is 9.49.